The molecule has 0 saturated carbocycles. The summed E-state index contributed by atoms with van der Waals surface area (Å²) in [5.41, 5.74) is 6.31. The second kappa shape index (κ2) is 6.12. The molecule has 0 heterocycles. The molecule has 1 amide bonds. The first kappa shape index (κ1) is 12.5. The summed E-state index contributed by atoms with van der Waals surface area (Å²) in [6.45, 7) is 2.53. The SMILES string of the molecule is CCC(NCc1cccc(OC)c1)C(N)=O. The number of benzene rings is 1. The van der Waals surface area contributed by atoms with Crippen LogP contribution in [-0.2, 0) is 11.3 Å². The molecular formula is C12H18N2O2. The van der Waals surface area contributed by atoms with Gasteiger partial charge in [-0.2, -0.15) is 0 Å². The Morgan fingerprint density at radius 1 is 1.56 bits per heavy atom. The van der Waals surface area contributed by atoms with Crippen LogP contribution in [0.2, 0.25) is 0 Å². The van der Waals surface area contributed by atoms with Crippen molar-refractivity contribution >= 4 is 5.91 Å². The Morgan fingerprint density at radius 2 is 2.31 bits per heavy atom. The van der Waals surface area contributed by atoms with Crippen molar-refractivity contribution in [3.63, 3.8) is 0 Å². The van der Waals surface area contributed by atoms with Gasteiger partial charge in [0.25, 0.3) is 0 Å². The highest BCUT2D eigenvalue weighted by Gasteiger charge is 2.11. The van der Waals surface area contributed by atoms with Crippen LogP contribution < -0.4 is 15.8 Å². The van der Waals surface area contributed by atoms with Crippen LogP contribution >= 0.6 is 0 Å². The minimum atomic E-state index is -0.314. The first-order valence-corrected chi connectivity index (χ1v) is 5.33. The molecule has 1 aromatic carbocycles. The lowest BCUT2D eigenvalue weighted by Crippen LogP contribution is -2.40. The molecule has 0 spiro atoms. The predicted molar refractivity (Wildman–Crippen MR) is 63.1 cm³/mol. The Labute approximate surface area is 95.8 Å². The zero-order valence-electron chi connectivity index (χ0n) is 9.69. The van der Waals surface area contributed by atoms with Crippen LogP contribution in [0.1, 0.15) is 18.9 Å². The smallest absolute Gasteiger partial charge is 0.234 e. The molecule has 1 atom stereocenters. The molecule has 1 rings (SSSR count). The van der Waals surface area contributed by atoms with E-state index in [0.29, 0.717) is 13.0 Å². The van der Waals surface area contributed by atoms with Crippen molar-refractivity contribution in [3.05, 3.63) is 29.8 Å². The molecule has 4 nitrogen and oxygen atoms in total. The van der Waals surface area contributed by atoms with Gasteiger partial charge >= 0.3 is 0 Å². The van der Waals surface area contributed by atoms with Gasteiger partial charge in [-0.05, 0) is 24.1 Å². The summed E-state index contributed by atoms with van der Waals surface area (Å²) >= 11 is 0. The molecule has 3 N–H and O–H groups in total. The normalized spacial score (nSPS) is 12.1. The molecule has 1 unspecified atom stereocenters. The molecule has 16 heavy (non-hydrogen) atoms. The fraction of sp³-hybridized carbons (Fsp3) is 0.417. The molecule has 0 bridgehead atoms. The Hall–Kier alpha value is -1.55. The van der Waals surface area contributed by atoms with Crippen molar-refractivity contribution in [3.8, 4) is 5.75 Å². The zero-order chi connectivity index (χ0) is 12.0. The Balaban J connectivity index is 2.56. The molecule has 0 radical (unpaired) electrons. The number of methoxy groups -OCH3 is 1. The predicted octanol–water partition coefficient (Wildman–Crippen LogP) is 1.05. The van der Waals surface area contributed by atoms with E-state index in [1.807, 2.05) is 31.2 Å². The van der Waals surface area contributed by atoms with E-state index in [2.05, 4.69) is 5.32 Å². The Morgan fingerprint density at radius 3 is 2.88 bits per heavy atom. The van der Waals surface area contributed by atoms with Crippen LogP contribution in [0.25, 0.3) is 0 Å². The number of nitrogens with two attached hydrogens (primary N) is 1. The van der Waals surface area contributed by atoms with Crippen molar-refractivity contribution in [2.45, 2.75) is 25.9 Å². The minimum Gasteiger partial charge on any atom is -0.497 e. The highest BCUT2D eigenvalue weighted by atomic mass is 16.5. The lowest BCUT2D eigenvalue weighted by atomic mass is 10.1. The zero-order valence-corrected chi connectivity index (χ0v) is 9.69. The van der Waals surface area contributed by atoms with E-state index in [1.54, 1.807) is 7.11 Å². The lowest BCUT2D eigenvalue weighted by molar-refractivity contribution is -0.120. The third-order valence-corrected chi connectivity index (χ3v) is 2.44. The van der Waals surface area contributed by atoms with Gasteiger partial charge in [-0.1, -0.05) is 19.1 Å². The van der Waals surface area contributed by atoms with Gasteiger partial charge < -0.3 is 15.8 Å². The van der Waals surface area contributed by atoms with Gasteiger partial charge in [0.05, 0.1) is 13.2 Å². The van der Waals surface area contributed by atoms with Crippen molar-refractivity contribution in [1.82, 2.24) is 5.32 Å². The maximum Gasteiger partial charge on any atom is 0.234 e. The number of hydrogen-bond donors (Lipinski definition) is 2. The van der Waals surface area contributed by atoms with Gasteiger partial charge in [-0.25, -0.2) is 0 Å². The van der Waals surface area contributed by atoms with Crippen LogP contribution in [0.4, 0.5) is 0 Å². The van der Waals surface area contributed by atoms with E-state index in [9.17, 15) is 4.79 Å². The summed E-state index contributed by atoms with van der Waals surface area (Å²) in [4.78, 5) is 11.0. The third-order valence-electron chi connectivity index (χ3n) is 2.44. The van der Waals surface area contributed by atoms with Crippen molar-refractivity contribution in [2.24, 2.45) is 5.73 Å². The van der Waals surface area contributed by atoms with Crippen LogP contribution in [0.15, 0.2) is 24.3 Å². The van der Waals surface area contributed by atoms with E-state index >= 15 is 0 Å². The highest BCUT2D eigenvalue weighted by Crippen LogP contribution is 2.12. The summed E-state index contributed by atoms with van der Waals surface area (Å²) in [7, 11) is 1.63. The molecular weight excluding hydrogens is 204 g/mol. The molecule has 0 aliphatic rings. The summed E-state index contributed by atoms with van der Waals surface area (Å²) in [5, 5.41) is 3.11. The highest BCUT2D eigenvalue weighted by molar-refractivity contribution is 5.79. The Bertz CT molecular complexity index is 353. The summed E-state index contributed by atoms with van der Waals surface area (Å²) < 4.78 is 5.12. The summed E-state index contributed by atoms with van der Waals surface area (Å²) in [6.07, 6.45) is 0.694. The van der Waals surface area contributed by atoms with Gasteiger partial charge in [0.2, 0.25) is 5.91 Å². The lowest BCUT2D eigenvalue weighted by Gasteiger charge is -2.13. The van der Waals surface area contributed by atoms with Crippen molar-refractivity contribution in [1.29, 1.82) is 0 Å². The van der Waals surface area contributed by atoms with E-state index in [4.69, 9.17) is 10.5 Å². The molecule has 0 fully saturated rings. The maximum atomic E-state index is 11.0. The number of nitrogens with one attached hydrogen (secondary N) is 1. The van der Waals surface area contributed by atoms with Gasteiger partial charge in [-0.3, -0.25) is 4.79 Å². The largest absolute Gasteiger partial charge is 0.497 e. The van der Waals surface area contributed by atoms with Crippen molar-refractivity contribution in [2.75, 3.05) is 7.11 Å². The van der Waals surface area contributed by atoms with E-state index in [1.165, 1.54) is 0 Å². The molecule has 1 aromatic rings. The fourth-order valence-corrected chi connectivity index (χ4v) is 1.47. The van der Waals surface area contributed by atoms with E-state index < -0.39 is 0 Å². The van der Waals surface area contributed by atoms with E-state index in [0.717, 1.165) is 11.3 Å². The van der Waals surface area contributed by atoms with Crippen LogP contribution in [0.3, 0.4) is 0 Å². The fourth-order valence-electron chi connectivity index (χ4n) is 1.47. The second-order valence-electron chi connectivity index (χ2n) is 3.60. The number of rotatable bonds is 6. The number of carbonyl (C=O) groups is 1. The topological polar surface area (TPSA) is 64.3 Å². The third kappa shape index (κ3) is 3.55. The molecule has 4 heteroatoms. The number of ether oxygens (including phenoxy) is 1. The van der Waals surface area contributed by atoms with Crippen LogP contribution in [0, 0.1) is 0 Å². The van der Waals surface area contributed by atoms with Crippen LogP contribution in [-0.4, -0.2) is 19.1 Å². The minimum absolute atomic E-state index is 0.272. The second-order valence-corrected chi connectivity index (χ2v) is 3.60. The first-order chi connectivity index (χ1) is 7.67. The van der Waals surface area contributed by atoms with Gasteiger partial charge in [0, 0.05) is 6.54 Å². The number of amides is 1. The van der Waals surface area contributed by atoms with Gasteiger partial charge in [0.1, 0.15) is 5.75 Å². The van der Waals surface area contributed by atoms with Crippen molar-refractivity contribution < 1.29 is 9.53 Å². The average Bonchev–Trinajstić information content (AvgIpc) is 2.29. The van der Waals surface area contributed by atoms with Crippen LogP contribution in [0.5, 0.6) is 5.75 Å². The monoisotopic (exact) mass is 222 g/mol. The standard InChI is InChI=1S/C12H18N2O2/c1-3-11(12(13)15)14-8-9-5-4-6-10(7-9)16-2/h4-7,11,14H,3,8H2,1-2H3,(H2,13,15). The number of primary amides is 1. The molecule has 0 aliphatic carbocycles. The first-order valence-electron chi connectivity index (χ1n) is 5.33. The average molecular weight is 222 g/mol. The number of carbonyl (C=O) groups excluding carboxylic acids is 1. The molecule has 0 saturated heterocycles. The Kier molecular flexibility index (Phi) is 4.79. The van der Waals surface area contributed by atoms with Gasteiger partial charge in [0.15, 0.2) is 0 Å². The molecule has 0 aromatic heterocycles. The van der Waals surface area contributed by atoms with E-state index in [-0.39, 0.29) is 11.9 Å². The molecule has 0 aliphatic heterocycles. The quantitative estimate of drug-likeness (QED) is 0.756. The number of hydrogen-bond acceptors (Lipinski definition) is 3. The molecule has 88 valence electrons. The van der Waals surface area contributed by atoms with Gasteiger partial charge in [-0.15, -0.1) is 0 Å². The summed E-state index contributed by atoms with van der Waals surface area (Å²) in [5.74, 6) is 0.497. The summed E-state index contributed by atoms with van der Waals surface area (Å²) in [6, 6.07) is 7.44. The maximum absolute atomic E-state index is 11.0.